The summed E-state index contributed by atoms with van der Waals surface area (Å²) in [7, 11) is 1.68. The van der Waals surface area contributed by atoms with E-state index in [0.29, 0.717) is 0 Å². The number of aliphatic hydroxyl groups excluding tert-OH is 1. The average molecular weight is 156 g/mol. The maximum absolute atomic E-state index is 11.2. The lowest BCUT2D eigenvalue weighted by atomic mass is 10.4. The maximum atomic E-state index is 11.2. The molecular weight excluding hydrogens is 144 g/mol. The molecule has 0 radical (unpaired) electrons. The minimum Gasteiger partial charge on any atom is -0.394 e. The fourth-order valence-corrected chi connectivity index (χ4v) is 0.905. The van der Waals surface area contributed by atoms with Gasteiger partial charge in [-0.3, -0.25) is 4.57 Å². The predicted octanol–water partition coefficient (Wildman–Crippen LogP) is -0.260. The van der Waals surface area contributed by atoms with Crippen molar-refractivity contribution < 1.29 is 5.11 Å². The van der Waals surface area contributed by atoms with Crippen molar-refractivity contribution in [1.82, 2.24) is 9.13 Å². The Morgan fingerprint density at radius 3 is 2.64 bits per heavy atom. The molecule has 0 amide bonds. The van der Waals surface area contributed by atoms with E-state index in [1.807, 2.05) is 0 Å². The molecule has 1 atom stereocenters. The van der Waals surface area contributed by atoms with Crippen LogP contribution in [0, 0.1) is 0 Å². The van der Waals surface area contributed by atoms with Crippen LogP contribution in [-0.2, 0) is 7.05 Å². The summed E-state index contributed by atoms with van der Waals surface area (Å²) < 4.78 is 2.98. The molecule has 11 heavy (non-hydrogen) atoms. The minimum atomic E-state index is -0.135. The zero-order valence-electron chi connectivity index (χ0n) is 6.69. The minimum absolute atomic E-state index is 0.0100. The summed E-state index contributed by atoms with van der Waals surface area (Å²) in [4.78, 5) is 11.2. The first-order valence-corrected chi connectivity index (χ1v) is 3.51. The first kappa shape index (κ1) is 8.07. The smallest absolute Gasteiger partial charge is 0.328 e. The molecule has 0 fully saturated rings. The van der Waals surface area contributed by atoms with Crippen molar-refractivity contribution in [3.8, 4) is 0 Å². The number of aryl methyl sites for hydroxylation is 1. The van der Waals surface area contributed by atoms with Crippen molar-refractivity contribution in [3.63, 3.8) is 0 Å². The SMILES string of the molecule is CC(CO)n1ccn(C)c1=O. The van der Waals surface area contributed by atoms with Gasteiger partial charge in [-0.05, 0) is 6.92 Å². The average Bonchev–Trinajstić information content (AvgIpc) is 2.32. The van der Waals surface area contributed by atoms with Gasteiger partial charge in [-0.2, -0.15) is 0 Å². The summed E-state index contributed by atoms with van der Waals surface area (Å²) in [6.07, 6.45) is 3.34. The lowest BCUT2D eigenvalue weighted by Gasteiger charge is -2.06. The van der Waals surface area contributed by atoms with E-state index in [1.165, 1.54) is 9.13 Å². The van der Waals surface area contributed by atoms with E-state index >= 15 is 0 Å². The Balaban J connectivity index is 3.05. The van der Waals surface area contributed by atoms with E-state index in [9.17, 15) is 4.79 Å². The Morgan fingerprint density at radius 2 is 2.27 bits per heavy atom. The third-order valence-electron chi connectivity index (χ3n) is 1.71. The number of hydrogen-bond acceptors (Lipinski definition) is 2. The van der Waals surface area contributed by atoms with Crippen molar-refractivity contribution in [2.45, 2.75) is 13.0 Å². The second-order valence-corrected chi connectivity index (χ2v) is 2.63. The molecule has 0 saturated heterocycles. The summed E-state index contributed by atoms with van der Waals surface area (Å²) in [6, 6.07) is -0.135. The molecule has 62 valence electrons. The zero-order chi connectivity index (χ0) is 8.43. The fourth-order valence-electron chi connectivity index (χ4n) is 0.905. The van der Waals surface area contributed by atoms with E-state index in [0.717, 1.165) is 0 Å². The van der Waals surface area contributed by atoms with Crippen molar-refractivity contribution in [1.29, 1.82) is 0 Å². The normalized spacial score (nSPS) is 13.4. The quantitative estimate of drug-likeness (QED) is 0.641. The molecular formula is C7H12N2O2. The Kier molecular flexibility index (Phi) is 2.14. The zero-order valence-corrected chi connectivity index (χ0v) is 6.69. The molecule has 4 heteroatoms. The standard InChI is InChI=1S/C7H12N2O2/c1-6(5-10)9-4-3-8(2)7(9)11/h3-4,6,10H,5H2,1-2H3. The number of rotatable bonds is 2. The van der Waals surface area contributed by atoms with E-state index < -0.39 is 0 Å². The highest BCUT2D eigenvalue weighted by Gasteiger charge is 2.05. The Bertz CT molecular complexity index is 287. The van der Waals surface area contributed by atoms with Crippen LogP contribution in [0.1, 0.15) is 13.0 Å². The second-order valence-electron chi connectivity index (χ2n) is 2.63. The third-order valence-corrected chi connectivity index (χ3v) is 1.71. The summed E-state index contributed by atoms with van der Waals surface area (Å²) in [5.41, 5.74) is -0.0912. The van der Waals surface area contributed by atoms with Crippen LogP contribution in [0.15, 0.2) is 17.2 Å². The highest BCUT2D eigenvalue weighted by atomic mass is 16.3. The van der Waals surface area contributed by atoms with Gasteiger partial charge in [0.15, 0.2) is 0 Å². The van der Waals surface area contributed by atoms with Gasteiger partial charge in [0.05, 0.1) is 12.6 Å². The number of aromatic nitrogens is 2. The molecule has 0 aliphatic carbocycles. The van der Waals surface area contributed by atoms with Crippen LogP contribution < -0.4 is 5.69 Å². The molecule has 0 aliphatic heterocycles. The maximum Gasteiger partial charge on any atom is 0.328 e. The molecule has 1 heterocycles. The number of nitrogens with zero attached hydrogens (tertiary/aromatic N) is 2. The van der Waals surface area contributed by atoms with Crippen LogP contribution in [0.2, 0.25) is 0 Å². The summed E-state index contributed by atoms with van der Waals surface area (Å²) in [5, 5.41) is 8.75. The topological polar surface area (TPSA) is 47.2 Å². The number of imidazole rings is 1. The van der Waals surface area contributed by atoms with Gasteiger partial charge in [0, 0.05) is 19.4 Å². The van der Waals surface area contributed by atoms with Gasteiger partial charge in [-0.1, -0.05) is 0 Å². The van der Waals surface area contributed by atoms with Crippen LogP contribution in [0.4, 0.5) is 0 Å². The van der Waals surface area contributed by atoms with E-state index in [-0.39, 0.29) is 18.3 Å². The van der Waals surface area contributed by atoms with E-state index in [1.54, 1.807) is 26.4 Å². The highest BCUT2D eigenvalue weighted by molar-refractivity contribution is 4.82. The van der Waals surface area contributed by atoms with Gasteiger partial charge in [-0.25, -0.2) is 4.79 Å². The summed E-state index contributed by atoms with van der Waals surface area (Å²) in [6.45, 7) is 1.78. The van der Waals surface area contributed by atoms with Gasteiger partial charge in [0.1, 0.15) is 0 Å². The number of hydrogen-bond donors (Lipinski definition) is 1. The van der Waals surface area contributed by atoms with Crippen LogP contribution in [-0.4, -0.2) is 20.8 Å². The molecule has 0 aromatic carbocycles. The number of aliphatic hydroxyl groups is 1. The van der Waals surface area contributed by atoms with Crippen molar-refractivity contribution in [2.24, 2.45) is 7.05 Å². The Labute approximate surface area is 64.7 Å². The largest absolute Gasteiger partial charge is 0.394 e. The second kappa shape index (κ2) is 2.92. The molecule has 4 nitrogen and oxygen atoms in total. The van der Waals surface area contributed by atoms with Crippen molar-refractivity contribution >= 4 is 0 Å². The van der Waals surface area contributed by atoms with Gasteiger partial charge < -0.3 is 9.67 Å². The molecule has 1 unspecified atom stereocenters. The Morgan fingerprint density at radius 1 is 1.64 bits per heavy atom. The molecule has 1 aromatic heterocycles. The van der Waals surface area contributed by atoms with Crippen LogP contribution >= 0.6 is 0 Å². The van der Waals surface area contributed by atoms with Crippen molar-refractivity contribution in [3.05, 3.63) is 22.9 Å². The first-order valence-electron chi connectivity index (χ1n) is 3.51. The molecule has 1 N–H and O–H groups in total. The van der Waals surface area contributed by atoms with E-state index in [4.69, 9.17) is 5.11 Å². The monoisotopic (exact) mass is 156 g/mol. The fraction of sp³-hybridized carbons (Fsp3) is 0.571. The molecule has 0 saturated carbocycles. The molecule has 1 rings (SSSR count). The van der Waals surface area contributed by atoms with Crippen molar-refractivity contribution in [2.75, 3.05) is 6.61 Å². The molecule has 1 aromatic rings. The van der Waals surface area contributed by atoms with Crippen LogP contribution in [0.5, 0.6) is 0 Å². The van der Waals surface area contributed by atoms with Gasteiger partial charge in [-0.15, -0.1) is 0 Å². The Hall–Kier alpha value is -1.03. The lowest BCUT2D eigenvalue weighted by molar-refractivity contribution is 0.236. The van der Waals surface area contributed by atoms with Crippen LogP contribution in [0.25, 0.3) is 0 Å². The third kappa shape index (κ3) is 1.35. The molecule has 0 aliphatic rings. The first-order chi connectivity index (χ1) is 5.16. The van der Waals surface area contributed by atoms with Gasteiger partial charge in [0.2, 0.25) is 0 Å². The summed E-state index contributed by atoms with van der Waals surface area (Å²) >= 11 is 0. The van der Waals surface area contributed by atoms with E-state index in [2.05, 4.69) is 0 Å². The van der Waals surface area contributed by atoms with Gasteiger partial charge >= 0.3 is 5.69 Å². The highest BCUT2D eigenvalue weighted by Crippen LogP contribution is 1.98. The molecule has 0 bridgehead atoms. The van der Waals surface area contributed by atoms with Crippen LogP contribution in [0.3, 0.4) is 0 Å². The summed E-state index contributed by atoms with van der Waals surface area (Å²) in [5.74, 6) is 0. The predicted molar refractivity (Wildman–Crippen MR) is 41.5 cm³/mol. The molecule has 0 spiro atoms. The van der Waals surface area contributed by atoms with Gasteiger partial charge in [0.25, 0.3) is 0 Å². The lowest BCUT2D eigenvalue weighted by Crippen LogP contribution is -2.25.